The molecule has 0 aliphatic heterocycles. The molecule has 3 N–H and O–H groups in total. The molecule has 1 aromatic carbocycles. The predicted molar refractivity (Wildman–Crippen MR) is 81.5 cm³/mol. The van der Waals surface area contributed by atoms with Gasteiger partial charge in [-0.25, -0.2) is 0 Å². The van der Waals surface area contributed by atoms with E-state index in [0.29, 0.717) is 12.2 Å². The lowest BCUT2D eigenvalue weighted by molar-refractivity contribution is -0.119. The zero-order valence-electron chi connectivity index (χ0n) is 12.0. The number of nitrogens with zero attached hydrogens (tertiary/aromatic N) is 4. The second-order valence-electron chi connectivity index (χ2n) is 4.99. The maximum Gasteiger partial charge on any atom is 0.216 e. The van der Waals surface area contributed by atoms with Crippen LogP contribution in [0.4, 0.5) is 5.69 Å². The third kappa shape index (κ3) is 2.96. The summed E-state index contributed by atoms with van der Waals surface area (Å²) >= 11 is 0. The number of aliphatic hydroxyl groups is 1. The molecule has 0 fully saturated rings. The molecular weight excluding hydrogens is 284 g/mol. The van der Waals surface area contributed by atoms with Gasteiger partial charge in [-0.05, 0) is 18.2 Å². The Kier molecular flexibility index (Phi) is 3.84. The zero-order chi connectivity index (χ0) is 15.5. The Hall–Kier alpha value is -2.74. The standard InChI is InChI=1S/C14H16N6O2/c1-9(21)15-5-11(22)6-16-10-2-3-13-12(4-10)17-7-14-19-18-8-20(13)14/h2-4,7-8,11,16,22H,5-6H2,1H3,(H,15,21)/t11-/m0/s1. The number of carbonyl (C=O) groups excluding carboxylic acids is 1. The van der Waals surface area contributed by atoms with Crippen LogP contribution in [0.3, 0.4) is 0 Å². The molecule has 0 saturated heterocycles. The molecule has 0 radical (unpaired) electrons. The molecule has 0 aliphatic carbocycles. The Bertz CT molecular complexity index is 815. The Morgan fingerprint density at radius 3 is 3.09 bits per heavy atom. The van der Waals surface area contributed by atoms with Crippen LogP contribution in [0.2, 0.25) is 0 Å². The van der Waals surface area contributed by atoms with Crippen molar-refractivity contribution < 1.29 is 9.90 Å². The minimum atomic E-state index is -0.659. The second kappa shape index (κ2) is 5.94. The number of anilines is 1. The van der Waals surface area contributed by atoms with Crippen molar-refractivity contribution in [3.63, 3.8) is 0 Å². The summed E-state index contributed by atoms with van der Waals surface area (Å²) in [4.78, 5) is 15.1. The molecule has 3 aromatic rings. The average molecular weight is 300 g/mol. The van der Waals surface area contributed by atoms with Gasteiger partial charge < -0.3 is 15.7 Å². The smallest absolute Gasteiger partial charge is 0.216 e. The summed E-state index contributed by atoms with van der Waals surface area (Å²) in [5.74, 6) is -0.160. The van der Waals surface area contributed by atoms with Crippen molar-refractivity contribution in [3.05, 3.63) is 30.7 Å². The molecule has 0 spiro atoms. The van der Waals surface area contributed by atoms with Gasteiger partial charge in [0.15, 0.2) is 5.65 Å². The van der Waals surface area contributed by atoms with E-state index in [1.54, 1.807) is 12.5 Å². The highest BCUT2D eigenvalue weighted by Crippen LogP contribution is 2.18. The lowest BCUT2D eigenvalue weighted by Crippen LogP contribution is -2.34. The first kappa shape index (κ1) is 14.2. The summed E-state index contributed by atoms with van der Waals surface area (Å²) in [5, 5.41) is 23.3. The number of aromatic nitrogens is 4. The number of amides is 1. The van der Waals surface area contributed by atoms with Crippen LogP contribution in [0.25, 0.3) is 16.7 Å². The SMILES string of the molecule is CC(=O)NC[C@H](O)CNc1ccc2c(c1)ncc1nncn12. The third-order valence-electron chi connectivity index (χ3n) is 3.26. The van der Waals surface area contributed by atoms with E-state index in [1.165, 1.54) is 6.92 Å². The first-order chi connectivity index (χ1) is 10.6. The molecule has 0 unspecified atom stereocenters. The van der Waals surface area contributed by atoms with Gasteiger partial charge >= 0.3 is 0 Å². The number of hydrogen-bond acceptors (Lipinski definition) is 6. The maximum absolute atomic E-state index is 10.8. The molecule has 2 heterocycles. The van der Waals surface area contributed by atoms with Crippen molar-refractivity contribution in [1.82, 2.24) is 24.9 Å². The number of carbonyl (C=O) groups is 1. The van der Waals surface area contributed by atoms with Crippen molar-refractivity contribution in [2.24, 2.45) is 0 Å². The van der Waals surface area contributed by atoms with Crippen molar-refractivity contribution >= 4 is 28.3 Å². The fraction of sp³-hybridized carbons (Fsp3) is 0.286. The van der Waals surface area contributed by atoms with Gasteiger partial charge in [0.1, 0.15) is 6.33 Å². The fourth-order valence-electron chi connectivity index (χ4n) is 2.15. The van der Waals surface area contributed by atoms with E-state index in [1.807, 2.05) is 22.6 Å². The largest absolute Gasteiger partial charge is 0.389 e. The summed E-state index contributed by atoms with van der Waals surface area (Å²) < 4.78 is 1.86. The van der Waals surface area contributed by atoms with Crippen LogP contribution in [-0.2, 0) is 4.79 Å². The Morgan fingerprint density at radius 1 is 1.41 bits per heavy atom. The van der Waals surface area contributed by atoms with E-state index in [-0.39, 0.29) is 12.5 Å². The van der Waals surface area contributed by atoms with Gasteiger partial charge in [0.05, 0.1) is 23.3 Å². The fourth-order valence-corrected chi connectivity index (χ4v) is 2.15. The maximum atomic E-state index is 10.8. The summed E-state index contributed by atoms with van der Waals surface area (Å²) in [6, 6.07) is 5.70. The molecule has 0 bridgehead atoms. The monoisotopic (exact) mass is 300 g/mol. The van der Waals surface area contributed by atoms with E-state index in [2.05, 4.69) is 25.8 Å². The number of rotatable bonds is 5. The van der Waals surface area contributed by atoms with Gasteiger partial charge in [-0.15, -0.1) is 10.2 Å². The molecule has 8 heteroatoms. The molecule has 2 aromatic heterocycles. The lowest BCUT2D eigenvalue weighted by Gasteiger charge is -2.13. The number of aliphatic hydroxyl groups excluding tert-OH is 1. The second-order valence-corrected chi connectivity index (χ2v) is 4.99. The van der Waals surface area contributed by atoms with Crippen molar-refractivity contribution in [1.29, 1.82) is 0 Å². The van der Waals surface area contributed by atoms with Crippen molar-refractivity contribution in [2.75, 3.05) is 18.4 Å². The quantitative estimate of drug-likeness (QED) is 0.621. The van der Waals surface area contributed by atoms with Crippen LogP contribution >= 0.6 is 0 Å². The summed E-state index contributed by atoms with van der Waals surface area (Å²) in [7, 11) is 0. The predicted octanol–water partition coefficient (Wildman–Crippen LogP) is 0.186. The highest BCUT2D eigenvalue weighted by atomic mass is 16.3. The molecule has 0 saturated carbocycles. The van der Waals surface area contributed by atoms with Crippen LogP contribution in [-0.4, -0.2) is 49.8 Å². The third-order valence-corrected chi connectivity index (χ3v) is 3.26. The van der Waals surface area contributed by atoms with Crippen LogP contribution in [0.5, 0.6) is 0 Å². The highest BCUT2D eigenvalue weighted by Gasteiger charge is 2.06. The molecule has 22 heavy (non-hydrogen) atoms. The van der Waals surface area contributed by atoms with Gasteiger partial charge in [0, 0.05) is 25.7 Å². The van der Waals surface area contributed by atoms with Gasteiger partial charge in [0.2, 0.25) is 5.91 Å². The molecule has 0 aliphatic rings. The van der Waals surface area contributed by atoms with Crippen LogP contribution in [0.1, 0.15) is 6.92 Å². The van der Waals surface area contributed by atoms with Crippen molar-refractivity contribution in [3.8, 4) is 0 Å². The first-order valence-corrected chi connectivity index (χ1v) is 6.88. The van der Waals surface area contributed by atoms with Gasteiger partial charge in [0.25, 0.3) is 0 Å². The summed E-state index contributed by atoms with van der Waals surface area (Å²) in [6.07, 6.45) is 2.64. The Morgan fingerprint density at radius 2 is 2.27 bits per heavy atom. The number of nitrogens with one attached hydrogen (secondary N) is 2. The zero-order valence-corrected chi connectivity index (χ0v) is 12.0. The molecule has 114 valence electrons. The first-order valence-electron chi connectivity index (χ1n) is 6.88. The van der Waals surface area contributed by atoms with Crippen molar-refractivity contribution in [2.45, 2.75) is 13.0 Å². The number of fused-ring (bicyclic) bond motifs is 3. The van der Waals surface area contributed by atoms with E-state index in [9.17, 15) is 9.90 Å². The average Bonchev–Trinajstić information content (AvgIpc) is 2.99. The molecule has 3 rings (SSSR count). The number of hydrogen-bond donors (Lipinski definition) is 3. The Labute approximate surface area is 126 Å². The Balaban J connectivity index is 1.72. The molecule has 1 amide bonds. The van der Waals surface area contributed by atoms with Gasteiger partial charge in [-0.1, -0.05) is 0 Å². The summed E-state index contributed by atoms with van der Waals surface area (Å²) in [6.45, 7) is 1.97. The van der Waals surface area contributed by atoms with E-state index in [0.717, 1.165) is 16.7 Å². The van der Waals surface area contributed by atoms with Crippen LogP contribution in [0.15, 0.2) is 30.7 Å². The normalized spacial score (nSPS) is 12.5. The van der Waals surface area contributed by atoms with Gasteiger partial charge in [-0.3, -0.25) is 14.2 Å². The molecule has 8 nitrogen and oxygen atoms in total. The minimum absolute atomic E-state index is 0.160. The minimum Gasteiger partial charge on any atom is -0.389 e. The van der Waals surface area contributed by atoms with E-state index in [4.69, 9.17) is 0 Å². The van der Waals surface area contributed by atoms with E-state index < -0.39 is 6.10 Å². The topological polar surface area (TPSA) is 104 Å². The molecule has 1 atom stereocenters. The van der Waals surface area contributed by atoms with Gasteiger partial charge in [-0.2, -0.15) is 0 Å². The van der Waals surface area contributed by atoms with Crippen LogP contribution in [0, 0.1) is 0 Å². The van der Waals surface area contributed by atoms with Crippen LogP contribution < -0.4 is 10.6 Å². The molecular formula is C14H16N6O2. The lowest BCUT2D eigenvalue weighted by atomic mass is 10.2. The van der Waals surface area contributed by atoms with E-state index >= 15 is 0 Å². The number of benzene rings is 1. The summed E-state index contributed by atoms with van der Waals surface area (Å²) in [5.41, 5.74) is 3.24. The highest BCUT2D eigenvalue weighted by molar-refractivity contribution is 5.80.